The Morgan fingerprint density at radius 2 is 0.605 bits per heavy atom. The van der Waals surface area contributed by atoms with E-state index in [-0.39, 0.29) is 18.5 Å². The van der Waals surface area contributed by atoms with Gasteiger partial charge in [-0.25, -0.2) is 0 Å². The summed E-state index contributed by atoms with van der Waals surface area (Å²) in [4.78, 5) is 24.6. The minimum absolute atomic E-state index is 0.0185. The first-order chi connectivity index (χ1) is 37.5. The van der Waals surface area contributed by atoms with E-state index in [0.717, 1.165) is 38.5 Å². The van der Waals surface area contributed by atoms with Gasteiger partial charge in [-0.05, 0) is 32.1 Å². The topological polar surface area (TPSA) is 95.9 Å². The zero-order valence-electron chi connectivity index (χ0n) is 51.8. The van der Waals surface area contributed by atoms with E-state index >= 15 is 0 Å². The number of hydrogen-bond acceptors (Lipinski definition) is 5. The molecule has 0 saturated carbocycles. The van der Waals surface area contributed by atoms with Crippen LogP contribution in [0.5, 0.6) is 0 Å². The standard InChI is InChI=1S/C70H137NO5/c1-3-5-7-9-11-13-15-17-18-19-20-26-29-32-35-39-42-46-50-54-58-62-68(73)67(66-72)71-69(74)63-59-55-51-47-43-40-36-33-30-27-24-22-21-23-25-28-31-34-37-41-45-49-53-57-61-65-76-70(75)64-60-56-52-48-44-38-16-14-12-10-8-6-4-2/h58,62,67-68,72-73H,3-57,59-61,63-66H2,1-2H3,(H,71,74)/b62-58+. The van der Waals surface area contributed by atoms with E-state index < -0.39 is 12.1 Å². The fourth-order valence-electron chi connectivity index (χ4n) is 11.2. The van der Waals surface area contributed by atoms with Crippen molar-refractivity contribution < 1.29 is 24.5 Å². The van der Waals surface area contributed by atoms with Crippen LogP contribution < -0.4 is 5.32 Å². The fourth-order valence-corrected chi connectivity index (χ4v) is 11.2. The van der Waals surface area contributed by atoms with Gasteiger partial charge in [0.2, 0.25) is 5.91 Å². The summed E-state index contributed by atoms with van der Waals surface area (Å²) < 4.78 is 5.49. The normalized spacial score (nSPS) is 12.5. The lowest BCUT2D eigenvalue weighted by atomic mass is 10.0. The van der Waals surface area contributed by atoms with Crippen molar-refractivity contribution in [3.05, 3.63) is 12.2 Å². The third kappa shape index (κ3) is 61.8. The molecule has 76 heavy (non-hydrogen) atoms. The summed E-state index contributed by atoms with van der Waals surface area (Å²) in [5, 5.41) is 23.2. The quantitative estimate of drug-likeness (QED) is 0.0320. The molecule has 0 radical (unpaired) electrons. The molecule has 0 rings (SSSR count). The van der Waals surface area contributed by atoms with E-state index in [9.17, 15) is 19.8 Å². The highest BCUT2D eigenvalue weighted by Gasteiger charge is 2.18. The zero-order chi connectivity index (χ0) is 55.0. The second kappa shape index (κ2) is 66.1. The number of carbonyl (C=O) groups excluding carboxylic acids is 2. The van der Waals surface area contributed by atoms with Gasteiger partial charge in [-0.1, -0.05) is 366 Å². The van der Waals surface area contributed by atoms with Crippen LogP contribution in [0.3, 0.4) is 0 Å². The summed E-state index contributed by atoms with van der Waals surface area (Å²) in [6.45, 7) is 4.95. The molecule has 3 N–H and O–H groups in total. The molecule has 0 aliphatic heterocycles. The van der Waals surface area contributed by atoms with Crippen LogP contribution in [0, 0.1) is 0 Å². The van der Waals surface area contributed by atoms with E-state index in [4.69, 9.17) is 4.74 Å². The van der Waals surface area contributed by atoms with Gasteiger partial charge in [0.05, 0.1) is 25.4 Å². The number of amides is 1. The van der Waals surface area contributed by atoms with Gasteiger partial charge in [0.25, 0.3) is 0 Å². The van der Waals surface area contributed by atoms with Gasteiger partial charge < -0.3 is 20.3 Å². The molecule has 0 aliphatic carbocycles. The van der Waals surface area contributed by atoms with Gasteiger partial charge in [-0.3, -0.25) is 9.59 Å². The molecular formula is C70H137NO5. The summed E-state index contributed by atoms with van der Waals surface area (Å²) in [5.41, 5.74) is 0. The minimum atomic E-state index is -0.843. The lowest BCUT2D eigenvalue weighted by Crippen LogP contribution is -2.45. The fraction of sp³-hybridized carbons (Fsp3) is 0.943. The number of ether oxygens (including phenoxy) is 1. The summed E-state index contributed by atoms with van der Waals surface area (Å²) >= 11 is 0. The van der Waals surface area contributed by atoms with E-state index in [0.29, 0.717) is 19.4 Å². The maximum atomic E-state index is 12.5. The summed E-state index contributed by atoms with van der Waals surface area (Å²) in [6.07, 6.45) is 81.4. The van der Waals surface area contributed by atoms with Crippen molar-refractivity contribution >= 4 is 11.9 Å². The van der Waals surface area contributed by atoms with Gasteiger partial charge in [0.1, 0.15) is 0 Å². The van der Waals surface area contributed by atoms with Crippen molar-refractivity contribution in [2.75, 3.05) is 13.2 Å². The second-order valence-electron chi connectivity index (χ2n) is 24.2. The molecule has 0 aromatic heterocycles. The van der Waals surface area contributed by atoms with Crippen molar-refractivity contribution in [3.63, 3.8) is 0 Å². The first-order valence-electron chi connectivity index (χ1n) is 35.0. The largest absolute Gasteiger partial charge is 0.466 e. The molecule has 0 saturated heterocycles. The maximum absolute atomic E-state index is 12.5. The van der Waals surface area contributed by atoms with Crippen molar-refractivity contribution in [1.82, 2.24) is 5.32 Å². The lowest BCUT2D eigenvalue weighted by molar-refractivity contribution is -0.143. The van der Waals surface area contributed by atoms with E-state index in [1.807, 2.05) is 6.08 Å². The van der Waals surface area contributed by atoms with Gasteiger partial charge in [-0.2, -0.15) is 0 Å². The van der Waals surface area contributed by atoms with Crippen LogP contribution in [0.25, 0.3) is 0 Å². The number of nitrogens with one attached hydrogen (secondary N) is 1. The number of unbranched alkanes of at least 4 members (excludes halogenated alkanes) is 55. The first kappa shape index (κ1) is 74.6. The van der Waals surface area contributed by atoms with Crippen molar-refractivity contribution in [2.45, 2.75) is 411 Å². The van der Waals surface area contributed by atoms with Gasteiger partial charge in [0.15, 0.2) is 0 Å². The Hall–Kier alpha value is -1.40. The third-order valence-corrected chi connectivity index (χ3v) is 16.6. The number of carbonyl (C=O) groups is 2. The Balaban J connectivity index is 3.38. The van der Waals surface area contributed by atoms with Crippen LogP contribution in [0.2, 0.25) is 0 Å². The Kier molecular flexibility index (Phi) is 64.9. The number of hydrogen-bond donors (Lipinski definition) is 3. The molecule has 0 bridgehead atoms. The van der Waals surface area contributed by atoms with Gasteiger partial charge in [-0.15, -0.1) is 0 Å². The maximum Gasteiger partial charge on any atom is 0.305 e. The molecule has 0 aliphatic rings. The first-order valence-corrected chi connectivity index (χ1v) is 35.0. The molecule has 2 unspecified atom stereocenters. The van der Waals surface area contributed by atoms with Crippen molar-refractivity contribution in [3.8, 4) is 0 Å². The number of aliphatic hydroxyl groups excluding tert-OH is 2. The zero-order valence-corrected chi connectivity index (χ0v) is 51.8. The Morgan fingerprint density at radius 3 is 0.895 bits per heavy atom. The molecule has 2 atom stereocenters. The van der Waals surface area contributed by atoms with Crippen LogP contribution in [0.1, 0.15) is 399 Å². The predicted molar refractivity (Wildman–Crippen MR) is 333 cm³/mol. The van der Waals surface area contributed by atoms with E-state index in [2.05, 4.69) is 19.2 Å². The second-order valence-corrected chi connectivity index (χ2v) is 24.2. The van der Waals surface area contributed by atoms with Crippen LogP contribution in [0.4, 0.5) is 0 Å². The average Bonchev–Trinajstić information content (AvgIpc) is 3.42. The molecule has 0 spiro atoms. The minimum Gasteiger partial charge on any atom is -0.466 e. The highest BCUT2D eigenvalue weighted by Crippen LogP contribution is 2.19. The molecule has 0 aromatic rings. The van der Waals surface area contributed by atoms with Crippen LogP contribution in [0.15, 0.2) is 12.2 Å². The van der Waals surface area contributed by atoms with Gasteiger partial charge in [0, 0.05) is 12.8 Å². The summed E-state index contributed by atoms with van der Waals surface area (Å²) in [7, 11) is 0. The average molecular weight is 1070 g/mol. The number of rotatable bonds is 66. The number of aliphatic hydroxyl groups is 2. The summed E-state index contributed by atoms with van der Waals surface area (Å²) in [6, 6.07) is -0.627. The smallest absolute Gasteiger partial charge is 0.305 e. The van der Waals surface area contributed by atoms with Crippen LogP contribution in [-0.2, 0) is 14.3 Å². The Morgan fingerprint density at radius 1 is 0.355 bits per heavy atom. The molecule has 6 heteroatoms. The molecule has 0 heterocycles. The summed E-state index contributed by atoms with van der Waals surface area (Å²) in [5.74, 6) is -0.0432. The SMILES string of the molecule is CCCCCCCCCCCCCCCCCCCCC/C=C/C(O)C(CO)NC(=O)CCCCCCCCCCCCCCCCCCCCCCCCCCCOC(=O)CCCCCCCCCCCCCCC. The molecule has 452 valence electrons. The molecular weight excluding hydrogens is 935 g/mol. The van der Waals surface area contributed by atoms with Crippen molar-refractivity contribution in [2.24, 2.45) is 0 Å². The predicted octanol–water partition coefficient (Wildman–Crippen LogP) is 22.4. The van der Waals surface area contributed by atoms with Crippen LogP contribution >= 0.6 is 0 Å². The highest BCUT2D eigenvalue weighted by molar-refractivity contribution is 5.76. The molecule has 0 fully saturated rings. The van der Waals surface area contributed by atoms with Crippen LogP contribution in [-0.4, -0.2) is 47.4 Å². The van der Waals surface area contributed by atoms with E-state index in [1.54, 1.807) is 6.08 Å². The van der Waals surface area contributed by atoms with Gasteiger partial charge >= 0.3 is 5.97 Å². The third-order valence-electron chi connectivity index (χ3n) is 16.6. The number of esters is 1. The Bertz CT molecular complexity index is 1140. The molecule has 1 amide bonds. The van der Waals surface area contributed by atoms with Crippen molar-refractivity contribution in [1.29, 1.82) is 0 Å². The highest BCUT2D eigenvalue weighted by atomic mass is 16.5. The monoisotopic (exact) mass is 1070 g/mol. The Labute approximate surface area is 476 Å². The lowest BCUT2D eigenvalue weighted by Gasteiger charge is -2.20. The molecule has 0 aromatic carbocycles. The number of allylic oxidation sites excluding steroid dienone is 1. The molecule has 6 nitrogen and oxygen atoms in total. The van der Waals surface area contributed by atoms with E-state index in [1.165, 1.54) is 334 Å².